The van der Waals surface area contributed by atoms with Gasteiger partial charge in [-0.1, -0.05) is 6.07 Å². The molecule has 1 N–H and O–H groups in total. The van der Waals surface area contributed by atoms with Crippen molar-refractivity contribution in [1.29, 1.82) is 0 Å². The van der Waals surface area contributed by atoms with Crippen molar-refractivity contribution < 1.29 is 8.42 Å². The van der Waals surface area contributed by atoms with E-state index < -0.39 is 10.0 Å². The van der Waals surface area contributed by atoms with Crippen LogP contribution in [0.1, 0.15) is 38.4 Å². The van der Waals surface area contributed by atoms with Gasteiger partial charge in [0.05, 0.1) is 6.20 Å². The van der Waals surface area contributed by atoms with Crippen LogP contribution in [0.15, 0.2) is 41.8 Å². The minimum atomic E-state index is -3.62. The molecule has 2 aromatic heterocycles. The molecule has 1 atom stereocenters. The molecule has 0 aliphatic heterocycles. The minimum absolute atomic E-state index is 0.0229. The summed E-state index contributed by atoms with van der Waals surface area (Å²) in [7, 11) is -3.62. The fourth-order valence-electron chi connectivity index (χ4n) is 1.90. The second-order valence-electron chi connectivity index (χ2n) is 4.84. The van der Waals surface area contributed by atoms with Gasteiger partial charge in [0, 0.05) is 24.5 Å². The molecular weight excluding hydrogens is 276 g/mol. The predicted molar refractivity (Wildman–Crippen MR) is 75.6 cm³/mol. The quantitative estimate of drug-likeness (QED) is 0.913. The smallest absolute Gasteiger partial charge is 0.258 e. The van der Waals surface area contributed by atoms with E-state index in [1.165, 1.54) is 16.9 Å². The molecule has 6 nitrogen and oxygen atoms in total. The van der Waals surface area contributed by atoms with E-state index >= 15 is 0 Å². The van der Waals surface area contributed by atoms with Crippen LogP contribution in [-0.4, -0.2) is 23.2 Å². The van der Waals surface area contributed by atoms with Crippen LogP contribution in [-0.2, 0) is 10.0 Å². The summed E-state index contributed by atoms with van der Waals surface area (Å²) in [6.45, 7) is 5.55. The molecule has 0 unspecified atom stereocenters. The van der Waals surface area contributed by atoms with E-state index in [0.717, 1.165) is 5.56 Å². The van der Waals surface area contributed by atoms with Crippen molar-refractivity contribution >= 4 is 10.0 Å². The van der Waals surface area contributed by atoms with Gasteiger partial charge in [0.25, 0.3) is 10.0 Å². The second kappa shape index (κ2) is 5.72. The molecule has 2 aromatic rings. The minimum Gasteiger partial charge on any atom is -0.264 e. The summed E-state index contributed by atoms with van der Waals surface area (Å²) in [4.78, 5) is 3.99. The molecule has 2 heterocycles. The van der Waals surface area contributed by atoms with Crippen LogP contribution >= 0.6 is 0 Å². The summed E-state index contributed by atoms with van der Waals surface area (Å²) >= 11 is 0. The molecule has 108 valence electrons. The highest BCUT2D eigenvalue weighted by atomic mass is 32.2. The molecule has 7 heteroatoms. The fourth-order valence-corrected chi connectivity index (χ4v) is 3.36. The lowest BCUT2D eigenvalue weighted by Gasteiger charge is -2.16. The van der Waals surface area contributed by atoms with Gasteiger partial charge in [-0.3, -0.25) is 9.67 Å². The Balaban J connectivity index is 2.26. The van der Waals surface area contributed by atoms with Gasteiger partial charge in [-0.25, -0.2) is 13.1 Å². The van der Waals surface area contributed by atoms with Gasteiger partial charge in [0.15, 0.2) is 5.03 Å². The molecule has 0 aromatic carbocycles. The summed E-state index contributed by atoms with van der Waals surface area (Å²) < 4.78 is 28.9. The Hall–Kier alpha value is -1.73. The first kappa shape index (κ1) is 14.7. The van der Waals surface area contributed by atoms with Crippen molar-refractivity contribution in [1.82, 2.24) is 19.5 Å². The number of aromatic nitrogens is 3. The molecule has 0 aliphatic carbocycles. The first-order valence-corrected chi connectivity index (χ1v) is 7.86. The van der Waals surface area contributed by atoms with Crippen LogP contribution in [0, 0.1) is 0 Å². The number of sulfonamides is 1. The molecule has 20 heavy (non-hydrogen) atoms. The molecule has 0 fully saturated rings. The normalized spacial score (nSPS) is 13.6. The van der Waals surface area contributed by atoms with Gasteiger partial charge in [-0.05, 0) is 38.5 Å². The predicted octanol–water partition coefficient (Wildman–Crippen LogP) is 1.90. The van der Waals surface area contributed by atoms with Crippen LogP contribution in [0.25, 0.3) is 0 Å². The standard InChI is InChI=1S/C13H18N4O2S/c1-10(2)17-13(6-8-15-17)20(18,19)16-11(3)12-5-4-7-14-9-12/h4-11,16H,1-3H3/t11-/m1/s1. The average Bonchev–Trinajstić information content (AvgIpc) is 2.89. The Bertz CT molecular complexity index is 665. The molecule has 0 saturated heterocycles. The molecule has 0 saturated carbocycles. The maximum absolute atomic E-state index is 12.4. The first-order chi connectivity index (χ1) is 9.42. The summed E-state index contributed by atoms with van der Waals surface area (Å²) in [6, 6.07) is 4.73. The van der Waals surface area contributed by atoms with Crippen LogP contribution in [0.4, 0.5) is 0 Å². The lowest BCUT2D eigenvalue weighted by molar-refractivity contribution is 0.473. The maximum atomic E-state index is 12.4. The monoisotopic (exact) mass is 294 g/mol. The van der Waals surface area contributed by atoms with Crippen LogP contribution in [0.5, 0.6) is 0 Å². The molecule has 0 amide bonds. The zero-order valence-electron chi connectivity index (χ0n) is 11.7. The third-order valence-corrected chi connectivity index (χ3v) is 4.45. The third kappa shape index (κ3) is 3.05. The van der Waals surface area contributed by atoms with Gasteiger partial charge in [-0.15, -0.1) is 0 Å². The Morgan fingerprint density at radius 1 is 1.20 bits per heavy atom. The number of pyridine rings is 1. The molecule has 0 bridgehead atoms. The average molecular weight is 294 g/mol. The van der Waals surface area contributed by atoms with Gasteiger partial charge in [0.1, 0.15) is 0 Å². The fraction of sp³-hybridized carbons (Fsp3) is 0.385. The highest BCUT2D eigenvalue weighted by molar-refractivity contribution is 7.89. The van der Waals surface area contributed by atoms with E-state index in [-0.39, 0.29) is 17.1 Å². The summed E-state index contributed by atoms with van der Waals surface area (Å²) in [5.74, 6) is 0. The number of hydrogen-bond donors (Lipinski definition) is 1. The SMILES string of the molecule is CC(C)n1nccc1S(=O)(=O)N[C@H](C)c1cccnc1. The van der Waals surface area contributed by atoms with E-state index in [1.807, 2.05) is 19.9 Å². The van der Waals surface area contributed by atoms with Gasteiger partial charge >= 0.3 is 0 Å². The van der Waals surface area contributed by atoms with Gasteiger partial charge < -0.3 is 0 Å². The highest BCUT2D eigenvalue weighted by Crippen LogP contribution is 2.18. The second-order valence-corrected chi connectivity index (χ2v) is 6.50. The van der Waals surface area contributed by atoms with Crippen LogP contribution < -0.4 is 4.72 Å². The Morgan fingerprint density at radius 2 is 1.95 bits per heavy atom. The highest BCUT2D eigenvalue weighted by Gasteiger charge is 2.23. The first-order valence-electron chi connectivity index (χ1n) is 6.37. The van der Waals surface area contributed by atoms with Crippen LogP contribution in [0.2, 0.25) is 0 Å². The summed E-state index contributed by atoms with van der Waals surface area (Å²) in [5, 5.41) is 4.22. The Kier molecular flexibility index (Phi) is 4.20. The number of nitrogens with one attached hydrogen (secondary N) is 1. The molecular formula is C13H18N4O2S. The van der Waals surface area contributed by atoms with Gasteiger partial charge in [0.2, 0.25) is 0 Å². The van der Waals surface area contributed by atoms with E-state index in [1.54, 1.807) is 25.4 Å². The van der Waals surface area contributed by atoms with E-state index in [4.69, 9.17) is 0 Å². The summed E-state index contributed by atoms with van der Waals surface area (Å²) in [6.07, 6.45) is 4.79. The molecule has 0 radical (unpaired) electrons. The van der Waals surface area contributed by atoms with Crippen molar-refractivity contribution in [2.24, 2.45) is 0 Å². The molecule has 0 aliphatic rings. The largest absolute Gasteiger partial charge is 0.264 e. The summed E-state index contributed by atoms with van der Waals surface area (Å²) in [5.41, 5.74) is 0.812. The van der Waals surface area contributed by atoms with Gasteiger partial charge in [-0.2, -0.15) is 5.10 Å². The van der Waals surface area contributed by atoms with Crippen molar-refractivity contribution in [3.8, 4) is 0 Å². The third-order valence-electron chi connectivity index (χ3n) is 2.91. The van der Waals surface area contributed by atoms with Crippen molar-refractivity contribution in [3.05, 3.63) is 42.4 Å². The number of rotatable bonds is 5. The zero-order valence-corrected chi connectivity index (χ0v) is 12.5. The Labute approximate surface area is 118 Å². The molecule has 0 spiro atoms. The number of hydrogen-bond acceptors (Lipinski definition) is 4. The lowest BCUT2D eigenvalue weighted by Crippen LogP contribution is -2.29. The van der Waals surface area contributed by atoms with E-state index in [2.05, 4.69) is 14.8 Å². The number of nitrogens with zero attached hydrogens (tertiary/aromatic N) is 3. The topological polar surface area (TPSA) is 76.9 Å². The van der Waals surface area contributed by atoms with Crippen molar-refractivity contribution in [2.45, 2.75) is 37.9 Å². The zero-order chi connectivity index (χ0) is 14.8. The maximum Gasteiger partial charge on any atom is 0.258 e. The van der Waals surface area contributed by atoms with E-state index in [0.29, 0.717) is 0 Å². The van der Waals surface area contributed by atoms with Crippen molar-refractivity contribution in [2.75, 3.05) is 0 Å². The van der Waals surface area contributed by atoms with E-state index in [9.17, 15) is 8.42 Å². The van der Waals surface area contributed by atoms with Crippen LogP contribution in [0.3, 0.4) is 0 Å². The van der Waals surface area contributed by atoms with Crippen molar-refractivity contribution in [3.63, 3.8) is 0 Å². The lowest BCUT2D eigenvalue weighted by atomic mass is 10.2. The Morgan fingerprint density at radius 3 is 2.55 bits per heavy atom. The molecule has 2 rings (SSSR count).